The van der Waals surface area contributed by atoms with Crippen molar-refractivity contribution in [3.63, 3.8) is 0 Å². The van der Waals surface area contributed by atoms with Gasteiger partial charge in [0.05, 0.1) is 12.2 Å². The number of carbonyl (C=O) groups excluding carboxylic acids is 1. The number of aromatic nitrogens is 3. The summed E-state index contributed by atoms with van der Waals surface area (Å²) in [6, 6.07) is 5.01. The predicted octanol–water partition coefficient (Wildman–Crippen LogP) is 2.94. The quantitative estimate of drug-likeness (QED) is 0.947. The van der Waals surface area contributed by atoms with E-state index in [0.717, 1.165) is 5.56 Å². The van der Waals surface area contributed by atoms with Gasteiger partial charge in [-0.25, -0.2) is 0 Å². The highest BCUT2D eigenvalue weighted by Gasteiger charge is 2.22. The molecule has 0 aliphatic carbocycles. The molecule has 19 heavy (non-hydrogen) atoms. The Labute approximate surface area is 120 Å². The van der Waals surface area contributed by atoms with Crippen LogP contribution in [0.5, 0.6) is 0 Å². The minimum Gasteiger partial charge on any atom is -0.333 e. The second-order valence-electron chi connectivity index (χ2n) is 4.11. The second kappa shape index (κ2) is 5.59. The van der Waals surface area contributed by atoms with Gasteiger partial charge in [0, 0.05) is 17.1 Å². The van der Waals surface area contributed by atoms with Crippen molar-refractivity contribution in [1.29, 1.82) is 0 Å². The maximum absolute atomic E-state index is 12.1. The van der Waals surface area contributed by atoms with E-state index < -0.39 is 0 Å². The number of amides is 1. The normalized spacial score (nSPS) is 12.2. The lowest BCUT2D eigenvalue weighted by Crippen LogP contribution is -2.30. The first-order chi connectivity index (χ1) is 9.00. The van der Waals surface area contributed by atoms with E-state index in [0.29, 0.717) is 10.0 Å². The molecule has 0 spiro atoms. The van der Waals surface area contributed by atoms with Crippen LogP contribution in [-0.2, 0) is 0 Å². The van der Waals surface area contributed by atoms with Crippen molar-refractivity contribution in [2.45, 2.75) is 13.0 Å². The summed E-state index contributed by atoms with van der Waals surface area (Å²) in [5.41, 5.74) is 1.09. The minimum atomic E-state index is -0.229. The first-order valence-electron chi connectivity index (χ1n) is 5.58. The first-order valence-corrected chi connectivity index (χ1v) is 6.34. The number of nitrogens with one attached hydrogen (secondary N) is 1. The van der Waals surface area contributed by atoms with Crippen LogP contribution in [0, 0.1) is 0 Å². The summed E-state index contributed by atoms with van der Waals surface area (Å²) in [7, 11) is 1.69. The van der Waals surface area contributed by atoms with Gasteiger partial charge >= 0.3 is 0 Å². The molecule has 7 heteroatoms. The molecule has 1 atom stereocenters. The van der Waals surface area contributed by atoms with Crippen molar-refractivity contribution in [2.75, 3.05) is 7.05 Å². The van der Waals surface area contributed by atoms with E-state index in [1.165, 1.54) is 6.20 Å². The van der Waals surface area contributed by atoms with Crippen LogP contribution in [0.15, 0.2) is 24.4 Å². The number of rotatable bonds is 3. The number of aromatic amines is 1. The van der Waals surface area contributed by atoms with Crippen LogP contribution >= 0.6 is 23.2 Å². The van der Waals surface area contributed by atoms with Gasteiger partial charge < -0.3 is 4.90 Å². The third-order valence-corrected chi connectivity index (χ3v) is 3.51. The summed E-state index contributed by atoms with van der Waals surface area (Å²) in [5, 5.41) is 10.9. The zero-order chi connectivity index (χ0) is 14.0. The van der Waals surface area contributed by atoms with Crippen LogP contribution in [0.3, 0.4) is 0 Å². The third-order valence-electron chi connectivity index (χ3n) is 2.95. The number of hydrogen-bond acceptors (Lipinski definition) is 3. The fourth-order valence-electron chi connectivity index (χ4n) is 1.71. The van der Waals surface area contributed by atoms with E-state index in [1.54, 1.807) is 24.1 Å². The molecule has 1 aromatic carbocycles. The molecule has 0 saturated carbocycles. The van der Waals surface area contributed by atoms with Crippen LogP contribution in [0.2, 0.25) is 10.0 Å². The molecule has 1 aromatic heterocycles. The molecule has 0 radical (unpaired) electrons. The molecular weight excluding hydrogens is 287 g/mol. The Kier molecular flexibility index (Phi) is 4.07. The maximum atomic E-state index is 12.1. The van der Waals surface area contributed by atoms with E-state index >= 15 is 0 Å². The van der Waals surface area contributed by atoms with Crippen molar-refractivity contribution in [2.24, 2.45) is 0 Å². The summed E-state index contributed by atoms with van der Waals surface area (Å²) in [6.07, 6.45) is 1.38. The molecule has 1 unspecified atom stereocenters. The smallest absolute Gasteiger partial charge is 0.276 e. The van der Waals surface area contributed by atoms with Gasteiger partial charge in [0.25, 0.3) is 5.91 Å². The fraction of sp³-hybridized carbons (Fsp3) is 0.250. The number of halogens is 2. The minimum absolute atomic E-state index is 0.200. The summed E-state index contributed by atoms with van der Waals surface area (Å²) in [6.45, 7) is 1.88. The summed E-state index contributed by atoms with van der Waals surface area (Å²) in [4.78, 5) is 13.7. The number of carbonyl (C=O) groups is 1. The number of H-pyrrole nitrogens is 1. The zero-order valence-corrected chi connectivity index (χ0v) is 11.9. The molecule has 1 heterocycles. The molecule has 100 valence electrons. The SMILES string of the molecule is CC(c1ccc(Cl)cc1Cl)N(C)C(=O)c1cn[nH]n1. The lowest BCUT2D eigenvalue weighted by Gasteiger charge is -2.25. The van der Waals surface area contributed by atoms with Crippen LogP contribution < -0.4 is 0 Å². The standard InChI is InChI=1S/C12H12Cl2N4O/c1-7(9-4-3-8(13)5-10(9)14)18(2)12(19)11-6-15-17-16-11/h3-7H,1-2H3,(H,15,16,17). The monoisotopic (exact) mass is 298 g/mol. The Morgan fingerprint density at radius 3 is 2.74 bits per heavy atom. The zero-order valence-electron chi connectivity index (χ0n) is 10.4. The van der Waals surface area contributed by atoms with Crippen LogP contribution in [-0.4, -0.2) is 33.3 Å². The maximum Gasteiger partial charge on any atom is 0.276 e. The lowest BCUT2D eigenvalue weighted by atomic mass is 10.1. The number of benzene rings is 1. The third kappa shape index (κ3) is 2.88. The highest BCUT2D eigenvalue weighted by Crippen LogP contribution is 2.29. The molecule has 2 rings (SSSR count). The van der Waals surface area contributed by atoms with Gasteiger partial charge in [0.15, 0.2) is 5.69 Å². The highest BCUT2D eigenvalue weighted by atomic mass is 35.5. The lowest BCUT2D eigenvalue weighted by molar-refractivity contribution is 0.0736. The molecular formula is C12H12Cl2N4O. The van der Waals surface area contributed by atoms with Crippen molar-refractivity contribution in [1.82, 2.24) is 20.3 Å². The first kappa shape index (κ1) is 13.8. The molecule has 0 fully saturated rings. The average molecular weight is 299 g/mol. The Bertz CT molecular complexity index is 585. The van der Waals surface area contributed by atoms with E-state index in [-0.39, 0.29) is 17.6 Å². The average Bonchev–Trinajstić information content (AvgIpc) is 2.90. The molecule has 5 nitrogen and oxygen atoms in total. The van der Waals surface area contributed by atoms with Crippen LogP contribution in [0.1, 0.15) is 29.0 Å². The van der Waals surface area contributed by atoms with E-state index in [4.69, 9.17) is 23.2 Å². The Balaban J connectivity index is 2.23. The van der Waals surface area contributed by atoms with E-state index in [1.807, 2.05) is 13.0 Å². The summed E-state index contributed by atoms with van der Waals surface area (Å²) < 4.78 is 0. The van der Waals surface area contributed by atoms with Gasteiger partial charge in [-0.05, 0) is 24.6 Å². The molecule has 2 aromatic rings. The second-order valence-corrected chi connectivity index (χ2v) is 4.96. The van der Waals surface area contributed by atoms with Gasteiger partial charge in [-0.2, -0.15) is 15.4 Å². The molecule has 0 bridgehead atoms. The highest BCUT2D eigenvalue weighted by molar-refractivity contribution is 6.35. The fourth-order valence-corrected chi connectivity index (χ4v) is 2.28. The summed E-state index contributed by atoms with van der Waals surface area (Å²) >= 11 is 12.0. The Morgan fingerprint density at radius 1 is 1.42 bits per heavy atom. The Morgan fingerprint density at radius 2 is 2.16 bits per heavy atom. The molecule has 1 amide bonds. The topological polar surface area (TPSA) is 61.9 Å². The van der Waals surface area contributed by atoms with Gasteiger partial charge in [-0.15, -0.1) is 0 Å². The summed E-state index contributed by atoms with van der Waals surface area (Å²) in [5.74, 6) is -0.229. The van der Waals surface area contributed by atoms with Gasteiger partial charge in [-0.1, -0.05) is 29.3 Å². The van der Waals surface area contributed by atoms with Crippen molar-refractivity contribution < 1.29 is 4.79 Å². The molecule has 1 N–H and O–H groups in total. The number of nitrogens with zero attached hydrogens (tertiary/aromatic N) is 3. The Hall–Kier alpha value is -1.59. The van der Waals surface area contributed by atoms with E-state index in [2.05, 4.69) is 15.4 Å². The molecule has 0 saturated heterocycles. The van der Waals surface area contributed by atoms with E-state index in [9.17, 15) is 4.79 Å². The predicted molar refractivity (Wildman–Crippen MR) is 73.4 cm³/mol. The van der Waals surface area contributed by atoms with Gasteiger partial charge in [0.2, 0.25) is 0 Å². The van der Waals surface area contributed by atoms with Gasteiger partial charge in [-0.3, -0.25) is 4.79 Å². The van der Waals surface area contributed by atoms with Crippen LogP contribution in [0.4, 0.5) is 0 Å². The largest absolute Gasteiger partial charge is 0.333 e. The van der Waals surface area contributed by atoms with Crippen molar-refractivity contribution in [3.8, 4) is 0 Å². The van der Waals surface area contributed by atoms with Crippen molar-refractivity contribution >= 4 is 29.1 Å². The molecule has 0 aliphatic heterocycles. The molecule has 0 aliphatic rings. The van der Waals surface area contributed by atoms with Crippen LogP contribution in [0.25, 0.3) is 0 Å². The van der Waals surface area contributed by atoms with Crippen molar-refractivity contribution in [3.05, 3.63) is 45.7 Å². The number of hydrogen-bond donors (Lipinski definition) is 1. The van der Waals surface area contributed by atoms with Gasteiger partial charge in [0.1, 0.15) is 0 Å².